The van der Waals surface area contributed by atoms with Crippen molar-refractivity contribution in [1.29, 1.82) is 5.26 Å². The summed E-state index contributed by atoms with van der Waals surface area (Å²) in [6, 6.07) is 9.79. The fourth-order valence-electron chi connectivity index (χ4n) is 1.73. The van der Waals surface area contributed by atoms with Gasteiger partial charge in [-0.15, -0.1) is 0 Å². The first kappa shape index (κ1) is 9.35. The summed E-state index contributed by atoms with van der Waals surface area (Å²) in [6.07, 6.45) is 1.63. The summed E-state index contributed by atoms with van der Waals surface area (Å²) in [6.45, 7) is 3.69. The molecule has 2 rings (SSSR count). The Labute approximate surface area is 87.8 Å². The Kier molecular flexibility index (Phi) is 2.18. The lowest BCUT2D eigenvalue weighted by Gasteiger charge is -2.04. The maximum absolute atomic E-state index is 9.09. The molecule has 2 aromatic rings. The van der Waals surface area contributed by atoms with Gasteiger partial charge in [-0.25, -0.2) is 0 Å². The Morgan fingerprint density at radius 3 is 2.80 bits per heavy atom. The molecule has 0 amide bonds. The highest BCUT2D eigenvalue weighted by atomic mass is 16.6. The predicted octanol–water partition coefficient (Wildman–Crippen LogP) is 2.21. The molecular formula is C12H10N2O. The molecule has 74 valence electrons. The van der Waals surface area contributed by atoms with Gasteiger partial charge in [0.2, 0.25) is 0 Å². The summed E-state index contributed by atoms with van der Waals surface area (Å²) in [5, 5.41) is 9.98. The second-order valence-electron chi connectivity index (χ2n) is 3.07. The molecule has 0 bridgehead atoms. The number of hydrogen-bond acceptors (Lipinski definition) is 2. The Bertz CT molecular complexity index is 561. The van der Waals surface area contributed by atoms with Crippen molar-refractivity contribution in [2.75, 3.05) is 7.11 Å². The number of nitriles is 1. The van der Waals surface area contributed by atoms with E-state index in [1.165, 1.54) is 0 Å². The molecule has 0 unspecified atom stereocenters. The number of aromatic nitrogens is 1. The predicted molar refractivity (Wildman–Crippen MR) is 59.2 cm³/mol. The van der Waals surface area contributed by atoms with Crippen LogP contribution >= 0.6 is 0 Å². The van der Waals surface area contributed by atoms with E-state index >= 15 is 0 Å². The molecule has 0 aliphatic carbocycles. The molecule has 0 aliphatic rings. The van der Waals surface area contributed by atoms with Crippen LogP contribution in [0, 0.1) is 11.3 Å². The van der Waals surface area contributed by atoms with Crippen LogP contribution in [0.25, 0.3) is 17.0 Å². The van der Waals surface area contributed by atoms with E-state index in [1.54, 1.807) is 17.9 Å². The van der Waals surface area contributed by atoms with Crippen LogP contribution in [-0.2, 0) is 0 Å². The van der Waals surface area contributed by atoms with Gasteiger partial charge in [-0.1, -0.05) is 24.8 Å². The Hall–Kier alpha value is -2.21. The zero-order valence-electron chi connectivity index (χ0n) is 8.40. The van der Waals surface area contributed by atoms with E-state index in [0.29, 0.717) is 11.3 Å². The minimum Gasteiger partial charge on any atom is -0.416 e. The zero-order valence-corrected chi connectivity index (χ0v) is 8.40. The first-order valence-electron chi connectivity index (χ1n) is 4.54. The van der Waals surface area contributed by atoms with E-state index in [1.807, 2.05) is 24.3 Å². The van der Waals surface area contributed by atoms with Gasteiger partial charge in [0.1, 0.15) is 13.2 Å². The molecule has 1 aromatic carbocycles. The van der Waals surface area contributed by atoms with Crippen molar-refractivity contribution < 1.29 is 4.84 Å². The highest BCUT2D eigenvalue weighted by Gasteiger charge is 2.14. The van der Waals surface area contributed by atoms with Crippen LogP contribution in [0.5, 0.6) is 0 Å². The van der Waals surface area contributed by atoms with E-state index in [2.05, 4.69) is 12.6 Å². The molecule has 3 nitrogen and oxygen atoms in total. The van der Waals surface area contributed by atoms with Crippen LogP contribution < -0.4 is 4.84 Å². The van der Waals surface area contributed by atoms with E-state index in [0.717, 1.165) is 10.9 Å². The Morgan fingerprint density at radius 2 is 2.20 bits per heavy atom. The molecule has 0 saturated heterocycles. The van der Waals surface area contributed by atoms with Gasteiger partial charge in [0.25, 0.3) is 0 Å². The van der Waals surface area contributed by atoms with Crippen molar-refractivity contribution >= 4 is 17.0 Å². The van der Waals surface area contributed by atoms with Crippen molar-refractivity contribution in [1.82, 2.24) is 4.73 Å². The van der Waals surface area contributed by atoms with Gasteiger partial charge >= 0.3 is 0 Å². The SMILES string of the molecule is C=Cc1c(C#N)c2ccccc2n1OC. The Balaban J connectivity index is 2.96. The quantitative estimate of drug-likeness (QED) is 0.742. The average molecular weight is 198 g/mol. The molecule has 0 fully saturated rings. The smallest absolute Gasteiger partial charge is 0.104 e. The van der Waals surface area contributed by atoms with Crippen LogP contribution in [-0.4, -0.2) is 11.8 Å². The van der Waals surface area contributed by atoms with Crippen molar-refractivity contribution in [3.8, 4) is 6.07 Å². The number of para-hydroxylation sites is 1. The van der Waals surface area contributed by atoms with E-state index < -0.39 is 0 Å². The topological polar surface area (TPSA) is 38.0 Å². The minimum absolute atomic E-state index is 0.599. The van der Waals surface area contributed by atoms with Crippen molar-refractivity contribution in [2.45, 2.75) is 0 Å². The highest BCUT2D eigenvalue weighted by molar-refractivity contribution is 5.90. The summed E-state index contributed by atoms with van der Waals surface area (Å²) in [7, 11) is 1.57. The van der Waals surface area contributed by atoms with E-state index in [4.69, 9.17) is 10.1 Å². The van der Waals surface area contributed by atoms with Gasteiger partial charge in [-0.2, -0.15) is 9.99 Å². The molecule has 0 saturated carbocycles. The monoisotopic (exact) mass is 198 g/mol. The number of nitrogens with zero attached hydrogens (tertiary/aromatic N) is 2. The lowest BCUT2D eigenvalue weighted by molar-refractivity contribution is 0.177. The molecule has 0 N–H and O–H groups in total. The fraction of sp³-hybridized carbons (Fsp3) is 0.0833. The number of rotatable bonds is 2. The second kappa shape index (κ2) is 3.50. The summed E-state index contributed by atoms with van der Waals surface area (Å²) >= 11 is 0. The first-order chi connectivity index (χ1) is 7.33. The van der Waals surface area contributed by atoms with Gasteiger partial charge in [0.05, 0.1) is 16.8 Å². The minimum atomic E-state index is 0.599. The van der Waals surface area contributed by atoms with Crippen LogP contribution in [0.3, 0.4) is 0 Å². The number of hydrogen-bond donors (Lipinski definition) is 0. The molecule has 0 aliphatic heterocycles. The largest absolute Gasteiger partial charge is 0.416 e. The molecule has 0 spiro atoms. The van der Waals surface area contributed by atoms with Crippen molar-refractivity contribution in [3.63, 3.8) is 0 Å². The maximum Gasteiger partial charge on any atom is 0.104 e. The van der Waals surface area contributed by atoms with Crippen LogP contribution in [0.1, 0.15) is 11.3 Å². The summed E-state index contributed by atoms with van der Waals surface area (Å²) < 4.78 is 1.61. The Morgan fingerprint density at radius 1 is 1.47 bits per heavy atom. The van der Waals surface area contributed by atoms with Crippen LogP contribution in [0.15, 0.2) is 30.8 Å². The molecule has 0 atom stereocenters. The highest BCUT2D eigenvalue weighted by Crippen LogP contribution is 2.25. The lowest BCUT2D eigenvalue weighted by atomic mass is 10.1. The molecule has 3 heteroatoms. The fourth-order valence-corrected chi connectivity index (χ4v) is 1.73. The molecule has 1 aromatic heterocycles. The summed E-state index contributed by atoms with van der Waals surface area (Å²) in [5.74, 6) is 0. The third-order valence-electron chi connectivity index (χ3n) is 2.35. The second-order valence-corrected chi connectivity index (χ2v) is 3.07. The van der Waals surface area contributed by atoms with E-state index in [9.17, 15) is 0 Å². The summed E-state index contributed by atoms with van der Waals surface area (Å²) in [5.41, 5.74) is 2.18. The zero-order chi connectivity index (χ0) is 10.8. The standard InChI is InChI=1S/C12H10N2O/c1-3-11-10(8-13)9-6-4-5-7-12(9)14(11)15-2/h3-7H,1H2,2H3. The van der Waals surface area contributed by atoms with Gasteiger partial charge in [0, 0.05) is 5.39 Å². The first-order valence-corrected chi connectivity index (χ1v) is 4.54. The third kappa shape index (κ3) is 1.19. The lowest BCUT2D eigenvalue weighted by Crippen LogP contribution is -2.07. The molecule has 1 heterocycles. The van der Waals surface area contributed by atoms with Crippen molar-refractivity contribution in [2.24, 2.45) is 0 Å². The normalized spacial score (nSPS) is 9.87. The van der Waals surface area contributed by atoms with E-state index in [-0.39, 0.29) is 0 Å². The van der Waals surface area contributed by atoms with Crippen LogP contribution in [0.2, 0.25) is 0 Å². The molecular weight excluding hydrogens is 188 g/mol. The average Bonchev–Trinajstić information content (AvgIpc) is 2.61. The van der Waals surface area contributed by atoms with Gasteiger partial charge in [0.15, 0.2) is 0 Å². The maximum atomic E-state index is 9.09. The third-order valence-corrected chi connectivity index (χ3v) is 2.35. The van der Waals surface area contributed by atoms with Gasteiger partial charge in [-0.05, 0) is 12.1 Å². The number of benzene rings is 1. The molecule has 15 heavy (non-hydrogen) atoms. The van der Waals surface area contributed by atoms with Crippen molar-refractivity contribution in [3.05, 3.63) is 42.1 Å². The molecule has 0 radical (unpaired) electrons. The number of fused-ring (bicyclic) bond motifs is 1. The van der Waals surface area contributed by atoms with Gasteiger partial charge in [-0.3, -0.25) is 0 Å². The van der Waals surface area contributed by atoms with Gasteiger partial charge < -0.3 is 4.84 Å². The van der Waals surface area contributed by atoms with Crippen LogP contribution in [0.4, 0.5) is 0 Å². The summed E-state index contributed by atoms with van der Waals surface area (Å²) in [4.78, 5) is 5.23.